The van der Waals surface area contributed by atoms with Crippen molar-refractivity contribution in [3.05, 3.63) is 24.1 Å². The summed E-state index contributed by atoms with van der Waals surface area (Å²) in [7, 11) is 0. The number of nitrogens with two attached hydrogens (primary N) is 2. The third kappa shape index (κ3) is 1.78. The van der Waals surface area contributed by atoms with E-state index in [0.717, 1.165) is 5.52 Å². The molecule has 0 fully saturated rings. The Morgan fingerprint density at radius 2 is 2.30 bits per heavy atom. The molecule has 1 aliphatic heterocycles. The fraction of sp³-hybridized carbons (Fsp3) is 0.385. The lowest BCUT2D eigenvalue weighted by Crippen LogP contribution is -2.54. The average molecular weight is 276 g/mol. The molecule has 3 rings (SSSR count). The summed E-state index contributed by atoms with van der Waals surface area (Å²) in [6, 6.07) is 2.83. The second-order valence-corrected chi connectivity index (χ2v) is 4.87. The van der Waals surface area contributed by atoms with Crippen LogP contribution in [0.4, 0.5) is 0 Å². The molecule has 20 heavy (non-hydrogen) atoms. The maximum Gasteiger partial charge on any atom is 0.271 e. The largest absolute Gasteiger partial charge is 0.463 e. The van der Waals surface area contributed by atoms with Crippen LogP contribution in [0.15, 0.2) is 22.8 Å². The molecule has 7 nitrogen and oxygen atoms in total. The fourth-order valence-electron chi connectivity index (χ4n) is 2.67. The summed E-state index contributed by atoms with van der Waals surface area (Å²) in [5.74, 6) is -0.716. The molecule has 0 aromatic carbocycles. The van der Waals surface area contributed by atoms with Crippen LogP contribution in [-0.2, 0) is 11.3 Å². The molecular weight excluding hydrogens is 260 g/mol. The molecule has 106 valence electrons. The minimum Gasteiger partial charge on any atom is -0.463 e. The Labute approximate surface area is 115 Å². The Balaban J connectivity index is 2.04. The molecular formula is C13H16N4O3. The van der Waals surface area contributed by atoms with Gasteiger partial charge in [0.05, 0.1) is 18.3 Å². The minimum absolute atomic E-state index is 0.208. The highest BCUT2D eigenvalue weighted by Crippen LogP contribution is 2.27. The number of nitrogens with zero attached hydrogens (tertiary/aromatic N) is 2. The Hall–Kier alpha value is -2.28. The normalized spacial score (nSPS) is 18.6. The number of amides is 2. The van der Waals surface area contributed by atoms with E-state index in [2.05, 4.69) is 0 Å². The zero-order chi connectivity index (χ0) is 14.3. The van der Waals surface area contributed by atoms with E-state index in [1.165, 1.54) is 4.90 Å². The molecule has 3 heterocycles. The molecule has 7 heteroatoms. The van der Waals surface area contributed by atoms with Crippen molar-refractivity contribution in [2.45, 2.75) is 19.0 Å². The van der Waals surface area contributed by atoms with Crippen LogP contribution in [-0.4, -0.2) is 40.4 Å². The highest BCUT2D eigenvalue weighted by Gasteiger charge is 2.36. The van der Waals surface area contributed by atoms with Gasteiger partial charge < -0.3 is 25.4 Å². The lowest BCUT2D eigenvalue weighted by Gasteiger charge is -2.34. The number of primary amides is 1. The second-order valence-electron chi connectivity index (χ2n) is 4.87. The predicted octanol–water partition coefficient (Wildman–Crippen LogP) is -0.107. The van der Waals surface area contributed by atoms with E-state index in [0.29, 0.717) is 37.3 Å². The molecule has 0 aliphatic carbocycles. The van der Waals surface area contributed by atoms with Crippen LogP contribution < -0.4 is 11.5 Å². The van der Waals surface area contributed by atoms with Crippen molar-refractivity contribution < 1.29 is 14.0 Å². The van der Waals surface area contributed by atoms with E-state index >= 15 is 0 Å². The van der Waals surface area contributed by atoms with Gasteiger partial charge in [0.2, 0.25) is 5.91 Å². The van der Waals surface area contributed by atoms with Crippen molar-refractivity contribution in [3.8, 4) is 0 Å². The van der Waals surface area contributed by atoms with Crippen LogP contribution in [0, 0.1) is 0 Å². The summed E-state index contributed by atoms with van der Waals surface area (Å²) in [6.07, 6.45) is 2.19. The van der Waals surface area contributed by atoms with Crippen molar-refractivity contribution in [2.75, 3.05) is 13.1 Å². The van der Waals surface area contributed by atoms with E-state index in [-0.39, 0.29) is 5.91 Å². The summed E-state index contributed by atoms with van der Waals surface area (Å²) >= 11 is 0. The minimum atomic E-state index is -0.646. The third-order valence-electron chi connectivity index (χ3n) is 3.67. The van der Waals surface area contributed by atoms with Gasteiger partial charge in [0.1, 0.15) is 11.7 Å². The van der Waals surface area contributed by atoms with Gasteiger partial charge in [0.15, 0.2) is 5.58 Å². The number of furan rings is 1. The molecule has 2 amide bonds. The van der Waals surface area contributed by atoms with E-state index in [9.17, 15) is 9.59 Å². The smallest absolute Gasteiger partial charge is 0.271 e. The van der Waals surface area contributed by atoms with Gasteiger partial charge in [-0.25, -0.2) is 0 Å². The Morgan fingerprint density at radius 3 is 3.00 bits per heavy atom. The molecule has 1 atom stereocenters. The van der Waals surface area contributed by atoms with Crippen molar-refractivity contribution >= 4 is 22.9 Å². The molecule has 0 saturated carbocycles. The first-order valence-electron chi connectivity index (χ1n) is 6.50. The second kappa shape index (κ2) is 4.68. The van der Waals surface area contributed by atoms with Gasteiger partial charge in [-0.1, -0.05) is 0 Å². The zero-order valence-corrected chi connectivity index (χ0v) is 10.9. The van der Waals surface area contributed by atoms with Crippen LogP contribution in [0.1, 0.15) is 16.9 Å². The first-order valence-corrected chi connectivity index (χ1v) is 6.50. The van der Waals surface area contributed by atoms with Crippen LogP contribution >= 0.6 is 0 Å². The SMILES string of the molecule is NCCCN1C(=O)c2cc3occc3n2CC1C(N)=O. The number of hydrogen-bond acceptors (Lipinski definition) is 4. The van der Waals surface area contributed by atoms with Gasteiger partial charge in [-0.05, 0) is 13.0 Å². The summed E-state index contributed by atoms with van der Waals surface area (Å²) < 4.78 is 7.09. The molecule has 0 saturated heterocycles. The van der Waals surface area contributed by atoms with E-state index in [1.807, 2.05) is 0 Å². The molecule has 0 radical (unpaired) electrons. The molecule has 1 aliphatic rings. The third-order valence-corrected chi connectivity index (χ3v) is 3.67. The average Bonchev–Trinajstić information content (AvgIpc) is 2.98. The summed E-state index contributed by atoms with van der Waals surface area (Å²) in [5, 5.41) is 0. The molecule has 2 aromatic rings. The Bertz CT molecular complexity index is 672. The van der Waals surface area contributed by atoms with Crippen LogP contribution in [0.2, 0.25) is 0 Å². The summed E-state index contributed by atoms with van der Waals surface area (Å²) in [6.45, 7) is 1.23. The monoisotopic (exact) mass is 276 g/mol. The lowest BCUT2D eigenvalue weighted by molar-refractivity contribution is -0.123. The molecule has 1 unspecified atom stereocenters. The number of hydrogen-bond donors (Lipinski definition) is 2. The van der Waals surface area contributed by atoms with Gasteiger partial charge in [-0.3, -0.25) is 9.59 Å². The maximum absolute atomic E-state index is 12.5. The van der Waals surface area contributed by atoms with Gasteiger partial charge in [-0.2, -0.15) is 0 Å². The van der Waals surface area contributed by atoms with Crippen LogP contribution in [0.3, 0.4) is 0 Å². The number of carbonyl (C=O) groups excluding carboxylic acids is 2. The molecule has 2 aromatic heterocycles. The first-order chi connectivity index (χ1) is 9.63. The zero-order valence-electron chi connectivity index (χ0n) is 10.9. The van der Waals surface area contributed by atoms with Crippen LogP contribution in [0.25, 0.3) is 11.1 Å². The van der Waals surface area contributed by atoms with Crippen LogP contribution in [0.5, 0.6) is 0 Å². The highest BCUT2D eigenvalue weighted by atomic mass is 16.3. The molecule has 0 spiro atoms. The molecule has 4 N–H and O–H groups in total. The number of fused-ring (bicyclic) bond motifs is 3. The van der Waals surface area contributed by atoms with Crippen molar-refractivity contribution in [3.63, 3.8) is 0 Å². The molecule has 0 bridgehead atoms. The predicted molar refractivity (Wildman–Crippen MR) is 71.9 cm³/mol. The number of aromatic nitrogens is 1. The summed E-state index contributed by atoms with van der Waals surface area (Å²) in [5.41, 5.74) is 12.9. The Kier molecular flexibility index (Phi) is 2.98. The van der Waals surface area contributed by atoms with E-state index in [4.69, 9.17) is 15.9 Å². The van der Waals surface area contributed by atoms with Gasteiger partial charge >= 0.3 is 0 Å². The summed E-state index contributed by atoms with van der Waals surface area (Å²) in [4.78, 5) is 25.7. The lowest BCUT2D eigenvalue weighted by atomic mass is 10.1. The van der Waals surface area contributed by atoms with Gasteiger partial charge in [-0.15, -0.1) is 0 Å². The van der Waals surface area contributed by atoms with E-state index in [1.54, 1.807) is 23.0 Å². The van der Waals surface area contributed by atoms with E-state index < -0.39 is 11.9 Å². The first kappa shape index (κ1) is 12.7. The number of rotatable bonds is 4. The van der Waals surface area contributed by atoms with Crippen molar-refractivity contribution in [1.29, 1.82) is 0 Å². The van der Waals surface area contributed by atoms with Gasteiger partial charge in [0, 0.05) is 18.7 Å². The van der Waals surface area contributed by atoms with Crippen molar-refractivity contribution in [2.24, 2.45) is 11.5 Å². The quantitative estimate of drug-likeness (QED) is 0.812. The van der Waals surface area contributed by atoms with Gasteiger partial charge in [0.25, 0.3) is 5.91 Å². The fourth-order valence-corrected chi connectivity index (χ4v) is 2.67. The highest BCUT2D eigenvalue weighted by molar-refractivity contribution is 6.01. The maximum atomic E-state index is 12.5. The standard InChI is InChI=1S/C13H16N4O3/c14-3-1-4-16-10(12(15)18)7-17-8-2-5-20-11(8)6-9(17)13(16)19/h2,5-6,10H,1,3-4,7,14H2,(H2,15,18). The Morgan fingerprint density at radius 1 is 1.50 bits per heavy atom. The number of carbonyl (C=O) groups is 2. The topological polar surface area (TPSA) is 107 Å². The van der Waals surface area contributed by atoms with Crippen molar-refractivity contribution in [1.82, 2.24) is 9.47 Å².